The molecule has 0 bridgehead atoms. The second-order valence-electron chi connectivity index (χ2n) is 5.31. The minimum atomic E-state index is -0.113. The number of nitrogens with zero attached hydrogens (tertiary/aromatic N) is 2. The van der Waals surface area contributed by atoms with Gasteiger partial charge in [0.15, 0.2) is 11.5 Å². The highest BCUT2D eigenvalue weighted by Gasteiger charge is 2.43. The largest absolute Gasteiger partial charge is 0.510 e. The normalized spacial score (nSPS) is 26.3. The monoisotopic (exact) mass is 272 g/mol. The third-order valence-corrected chi connectivity index (χ3v) is 4.05. The van der Waals surface area contributed by atoms with Crippen LogP contribution in [0.2, 0.25) is 0 Å². The van der Waals surface area contributed by atoms with Crippen LogP contribution in [0.3, 0.4) is 0 Å². The number of ketones is 1. The molecular formula is C15H16N2O3. The molecule has 2 aliphatic rings. The van der Waals surface area contributed by atoms with E-state index in [2.05, 4.69) is 10.2 Å². The summed E-state index contributed by atoms with van der Waals surface area (Å²) in [5.41, 5.74) is 0.640. The molecule has 2 N–H and O–H groups in total. The Morgan fingerprint density at radius 2 is 1.60 bits per heavy atom. The van der Waals surface area contributed by atoms with Gasteiger partial charge in [0.25, 0.3) is 0 Å². The molecule has 0 heterocycles. The summed E-state index contributed by atoms with van der Waals surface area (Å²) in [7, 11) is 0. The van der Waals surface area contributed by atoms with Crippen molar-refractivity contribution in [3.05, 3.63) is 35.7 Å². The Bertz CT molecular complexity index is 590. The van der Waals surface area contributed by atoms with Crippen LogP contribution in [-0.2, 0) is 4.79 Å². The summed E-state index contributed by atoms with van der Waals surface area (Å²) in [6.07, 6.45) is 3.75. The van der Waals surface area contributed by atoms with Gasteiger partial charge in [-0.25, -0.2) is 0 Å². The molecule has 1 fully saturated rings. The quantitative estimate of drug-likeness (QED) is 0.806. The second-order valence-corrected chi connectivity index (χ2v) is 5.31. The van der Waals surface area contributed by atoms with Gasteiger partial charge in [0.05, 0.1) is 5.69 Å². The van der Waals surface area contributed by atoms with Gasteiger partial charge in [-0.15, -0.1) is 5.11 Å². The molecule has 0 aromatic heterocycles. The first-order chi connectivity index (χ1) is 9.66. The molecule has 2 atom stereocenters. The molecule has 0 radical (unpaired) electrons. The molecule has 1 aromatic rings. The fraction of sp³-hybridized carbons (Fsp3) is 0.400. The van der Waals surface area contributed by atoms with Crippen molar-refractivity contribution in [1.29, 1.82) is 0 Å². The van der Waals surface area contributed by atoms with Crippen molar-refractivity contribution in [3.8, 4) is 5.75 Å². The van der Waals surface area contributed by atoms with Crippen molar-refractivity contribution in [2.45, 2.75) is 25.7 Å². The molecule has 2 unspecified atom stereocenters. The number of phenolic OH excluding ortho intramolecular Hbond substituents is 1. The Hall–Kier alpha value is -2.17. The van der Waals surface area contributed by atoms with Gasteiger partial charge in [0.2, 0.25) is 0 Å². The van der Waals surface area contributed by atoms with Crippen molar-refractivity contribution in [2.75, 3.05) is 0 Å². The lowest BCUT2D eigenvalue weighted by molar-refractivity contribution is -0.120. The summed E-state index contributed by atoms with van der Waals surface area (Å²) < 4.78 is 0. The number of rotatable bonds is 2. The standard InChI is InChI=1S/C15H16N2O3/c18-10-7-5-9(6-8-10)16-17-13-14(19)11-3-1-2-4-12(11)15(13)20/h5-8,11-12,18-19H,1-4H2. The van der Waals surface area contributed by atoms with Crippen LogP contribution in [0.4, 0.5) is 5.69 Å². The van der Waals surface area contributed by atoms with E-state index in [-0.39, 0.29) is 34.8 Å². The third kappa shape index (κ3) is 2.19. The summed E-state index contributed by atoms with van der Waals surface area (Å²) in [5.74, 6) is -0.0199. The summed E-state index contributed by atoms with van der Waals surface area (Å²) >= 11 is 0. The number of hydrogen-bond donors (Lipinski definition) is 2. The molecule has 5 nitrogen and oxygen atoms in total. The van der Waals surface area contributed by atoms with E-state index in [0.717, 1.165) is 25.7 Å². The SMILES string of the molecule is O=C1C(N=Nc2ccc(O)cc2)=C(O)C2CCCCC12. The zero-order valence-corrected chi connectivity index (χ0v) is 11.0. The van der Waals surface area contributed by atoms with Crippen molar-refractivity contribution in [2.24, 2.45) is 22.1 Å². The van der Waals surface area contributed by atoms with Crippen molar-refractivity contribution >= 4 is 11.5 Å². The number of aliphatic hydroxyl groups excluding tert-OH is 1. The number of carbonyl (C=O) groups excluding carboxylic acids is 1. The lowest BCUT2D eigenvalue weighted by Crippen LogP contribution is -2.21. The Balaban J connectivity index is 1.84. The first kappa shape index (κ1) is 12.8. The predicted octanol–water partition coefficient (Wildman–Crippen LogP) is 3.63. The van der Waals surface area contributed by atoms with Crippen molar-refractivity contribution in [3.63, 3.8) is 0 Å². The average molecular weight is 272 g/mol. The van der Waals surface area contributed by atoms with Crippen LogP contribution in [0.5, 0.6) is 5.75 Å². The molecule has 0 spiro atoms. The van der Waals surface area contributed by atoms with Crippen LogP contribution in [-0.4, -0.2) is 16.0 Å². The van der Waals surface area contributed by atoms with Gasteiger partial charge in [-0.3, -0.25) is 4.79 Å². The van der Waals surface area contributed by atoms with E-state index in [9.17, 15) is 15.0 Å². The molecule has 5 heteroatoms. The Labute approximate surface area is 116 Å². The summed E-state index contributed by atoms with van der Waals surface area (Å²) in [6, 6.07) is 6.20. The van der Waals surface area contributed by atoms with E-state index in [1.165, 1.54) is 12.1 Å². The van der Waals surface area contributed by atoms with Gasteiger partial charge < -0.3 is 10.2 Å². The molecule has 1 saturated carbocycles. The predicted molar refractivity (Wildman–Crippen MR) is 72.7 cm³/mol. The molecular weight excluding hydrogens is 256 g/mol. The fourth-order valence-corrected chi connectivity index (χ4v) is 2.98. The zero-order chi connectivity index (χ0) is 14.1. The van der Waals surface area contributed by atoms with Gasteiger partial charge in [-0.2, -0.15) is 5.11 Å². The minimum absolute atomic E-state index is 0.0648. The van der Waals surface area contributed by atoms with Crippen molar-refractivity contribution < 1.29 is 15.0 Å². The molecule has 0 amide bonds. The number of fused-ring (bicyclic) bond motifs is 1. The van der Waals surface area contributed by atoms with Crippen LogP contribution in [0.1, 0.15) is 25.7 Å². The maximum atomic E-state index is 12.2. The molecule has 20 heavy (non-hydrogen) atoms. The summed E-state index contributed by atoms with van der Waals surface area (Å²) in [5, 5.41) is 27.2. The smallest absolute Gasteiger partial charge is 0.190 e. The molecule has 0 aliphatic heterocycles. The van der Waals surface area contributed by atoms with Gasteiger partial charge in [-0.05, 0) is 37.1 Å². The number of phenols is 1. The zero-order valence-electron chi connectivity index (χ0n) is 11.0. The number of hydrogen-bond acceptors (Lipinski definition) is 5. The summed E-state index contributed by atoms with van der Waals surface area (Å²) in [6.45, 7) is 0. The Morgan fingerprint density at radius 3 is 2.25 bits per heavy atom. The van der Waals surface area contributed by atoms with Crippen molar-refractivity contribution in [1.82, 2.24) is 0 Å². The Kier molecular flexibility index (Phi) is 3.26. The van der Waals surface area contributed by atoms with Crippen LogP contribution in [0, 0.1) is 11.8 Å². The molecule has 0 saturated heterocycles. The number of benzene rings is 1. The first-order valence-electron chi connectivity index (χ1n) is 6.85. The van der Waals surface area contributed by atoms with Gasteiger partial charge in [0, 0.05) is 11.8 Å². The van der Waals surface area contributed by atoms with Crippen LogP contribution >= 0.6 is 0 Å². The third-order valence-electron chi connectivity index (χ3n) is 4.05. The van der Waals surface area contributed by atoms with E-state index in [1.807, 2.05) is 0 Å². The van der Waals surface area contributed by atoms with E-state index in [4.69, 9.17) is 0 Å². The number of allylic oxidation sites excluding steroid dienone is 2. The number of azo groups is 1. The number of Topliss-reactive ketones (excluding diaryl/α,β-unsaturated/α-hetero) is 1. The number of aromatic hydroxyl groups is 1. The van der Waals surface area contributed by atoms with E-state index in [0.29, 0.717) is 5.69 Å². The minimum Gasteiger partial charge on any atom is -0.510 e. The molecule has 2 aliphatic carbocycles. The maximum absolute atomic E-state index is 12.2. The van der Waals surface area contributed by atoms with E-state index < -0.39 is 0 Å². The molecule has 3 rings (SSSR count). The van der Waals surface area contributed by atoms with Crippen LogP contribution in [0.15, 0.2) is 46.0 Å². The Morgan fingerprint density at radius 1 is 0.950 bits per heavy atom. The lowest BCUT2D eigenvalue weighted by atomic mass is 9.80. The van der Waals surface area contributed by atoms with Crippen LogP contribution < -0.4 is 0 Å². The lowest BCUT2D eigenvalue weighted by Gasteiger charge is -2.23. The number of aliphatic hydroxyl groups is 1. The maximum Gasteiger partial charge on any atom is 0.190 e. The van der Waals surface area contributed by atoms with Gasteiger partial charge >= 0.3 is 0 Å². The second kappa shape index (κ2) is 5.07. The molecule has 1 aromatic carbocycles. The first-order valence-corrected chi connectivity index (χ1v) is 6.85. The van der Waals surface area contributed by atoms with E-state index in [1.54, 1.807) is 12.1 Å². The highest BCUT2D eigenvalue weighted by Crippen LogP contribution is 2.43. The number of carbonyl (C=O) groups is 1. The highest BCUT2D eigenvalue weighted by atomic mass is 16.3. The van der Waals surface area contributed by atoms with Gasteiger partial charge in [0.1, 0.15) is 11.5 Å². The molecule has 104 valence electrons. The fourth-order valence-electron chi connectivity index (χ4n) is 2.98. The van der Waals surface area contributed by atoms with E-state index >= 15 is 0 Å². The summed E-state index contributed by atoms with van der Waals surface area (Å²) in [4.78, 5) is 12.2. The van der Waals surface area contributed by atoms with Gasteiger partial charge in [-0.1, -0.05) is 12.8 Å². The van der Waals surface area contributed by atoms with Crippen LogP contribution in [0.25, 0.3) is 0 Å². The topological polar surface area (TPSA) is 82.2 Å². The highest BCUT2D eigenvalue weighted by molar-refractivity contribution is 6.00. The average Bonchev–Trinajstić information content (AvgIpc) is 2.71.